The van der Waals surface area contributed by atoms with Crippen LogP contribution < -0.4 is 10.6 Å². The third kappa shape index (κ3) is 1.76. The van der Waals surface area contributed by atoms with Crippen molar-refractivity contribution in [3.63, 3.8) is 0 Å². The van der Waals surface area contributed by atoms with Crippen LogP contribution in [0.1, 0.15) is 0 Å². The zero-order valence-electron chi connectivity index (χ0n) is 6.05. The van der Waals surface area contributed by atoms with E-state index in [0.717, 1.165) is 20.1 Å². The second-order valence-corrected chi connectivity index (χ2v) is 5.66. The smallest absolute Gasteiger partial charge is 0.138 e. The summed E-state index contributed by atoms with van der Waals surface area (Å²) in [5, 5.41) is 6.31. The van der Waals surface area contributed by atoms with Crippen LogP contribution in [-0.2, 0) is 0 Å². The molecule has 0 atom stereocenters. The Morgan fingerprint density at radius 3 is 1.58 bits per heavy atom. The molecule has 2 rings (SSSR count). The molecule has 0 saturated carbocycles. The Labute approximate surface area is 89.9 Å². The minimum absolute atomic E-state index is 0.863. The molecule has 0 spiro atoms. The van der Waals surface area contributed by atoms with Gasteiger partial charge in [-0.25, -0.2) is 0 Å². The standard InChI is InChI=1S/C6H6N2S4/c9-5-7-3(1-11-5)4-2-12-6(10)8-4/h1-2H2,(H,7,9)(H,8,10)/b4-3-. The fourth-order valence-corrected chi connectivity index (χ4v) is 3.03. The summed E-state index contributed by atoms with van der Waals surface area (Å²) in [6.07, 6.45) is 0. The van der Waals surface area contributed by atoms with E-state index in [9.17, 15) is 0 Å². The van der Waals surface area contributed by atoms with Gasteiger partial charge >= 0.3 is 0 Å². The lowest BCUT2D eigenvalue weighted by Gasteiger charge is -2.02. The molecule has 0 unspecified atom stereocenters. The van der Waals surface area contributed by atoms with E-state index in [-0.39, 0.29) is 0 Å². The van der Waals surface area contributed by atoms with Crippen LogP contribution in [0.3, 0.4) is 0 Å². The molecule has 2 heterocycles. The van der Waals surface area contributed by atoms with Gasteiger partial charge in [-0.3, -0.25) is 0 Å². The van der Waals surface area contributed by atoms with Crippen molar-refractivity contribution in [2.45, 2.75) is 0 Å². The zero-order valence-corrected chi connectivity index (χ0v) is 9.31. The highest BCUT2D eigenvalue weighted by Gasteiger charge is 2.21. The normalized spacial score (nSPS) is 29.0. The Bertz CT molecular complexity index is 255. The van der Waals surface area contributed by atoms with Gasteiger partial charge in [0.05, 0.1) is 0 Å². The molecule has 12 heavy (non-hydrogen) atoms. The van der Waals surface area contributed by atoms with Gasteiger partial charge in [0.1, 0.15) is 8.64 Å². The van der Waals surface area contributed by atoms with Crippen molar-refractivity contribution in [3.8, 4) is 0 Å². The predicted octanol–water partition coefficient (Wildman–Crippen LogP) is 1.44. The third-order valence-electron chi connectivity index (χ3n) is 1.57. The lowest BCUT2D eigenvalue weighted by Crippen LogP contribution is -2.18. The maximum Gasteiger partial charge on any atom is 0.138 e. The maximum atomic E-state index is 5.01. The van der Waals surface area contributed by atoms with E-state index in [1.54, 1.807) is 23.5 Å². The SMILES string of the molecule is S=C1N/C(=C2/CSC(=S)N2)CS1. The van der Waals surface area contributed by atoms with Crippen LogP contribution in [0.4, 0.5) is 0 Å². The molecular formula is C6H6N2S4. The third-order valence-corrected chi connectivity index (χ3v) is 4.07. The fraction of sp³-hybridized carbons (Fsp3) is 0.333. The number of hydrogen-bond acceptors (Lipinski definition) is 4. The molecule has 2 N–H and O–H groups in total. The average Bonchev–Trinajstić information content (AvgIpc) is 2.58. The highest BCUT2D eigenvalue weighted by Crippen LogP contribution is 2.24. The monoisotopic (exact) mass is 234 g/mol. The first-order valence-corrected chi connectivity index (χ1v) is 6.14. The van der Waals surface area contributed by atoms with Crippen molar-refractivity contribution in [2.24, 2.45) is 0 Å². The van der Waals surface area contributed by atoms with Crippen molar-refractivity contribution < 1.29 is 0 Å². The minimum Gasteiger partial charge on any atom is -0.342 e. The van der Waals surface area contributed by atoms with Gasteiger partial charge in [-0.2, -0.15) is 0 Å². The quantitative estimate of drug-likeness (QED) is 0.615. The number of thioether (sulfide) groups is 2. The van der Waals surface area contributed by atoms with Crippen LogP contribution in [0.25, 0.3) is 0 Å². The number of rotatable bonds is 0. The molecule has 0 aromatic carbocycles. The van der Waals surface area contributed by atoms with E-state index >= 15 is 0 Å². The summed E-state index contributed by atoms with van der Waals surface area (Å²) in [4.78, 5) is 0. The van der Waals surface area contributed by atoms with Gasteiger partial charge in [0.25, 0.3) is 0 Å². The fourth-order valence-electron chi connectivity index (χ4n) is 0.991. The Morgan fingerprint density at radius 2 is 1.33 bits per heavy atom. The first kappa shape index (κ1) is 8.80. The lowest BCUT2D eigenvalue weighted by atomic mass is 10.4. The maximum absolute atomic E-state index is 5.01. The van der Waals surface area contributed by atoms with Gasteiger partial charge in [0.15, 0.2) is 0 Å². The average molecular weight is 234 g/mol. The van der Waals surface area contributed by atoms with E-state index in [4.69, 9.17) is 24.4 Å². The zero-order chi connectivity index (χ0) is 8.55. The van der Waals surface area contributed by atoms with Gasteiger partial charge in [0.2, 0.25) is 0 Å². The lowest BCUT2D eigenvalue weighted by molar-refractivity contribution is 1.05. The molecule has 0 radical (unpaired) electrons. The second-order valence-electron chi connectivity index (χ2n) is 2.36. The molecule has 2 nitrogen and oxygen atoms in total. The Hall–Kier alpha value is 0.220. The van der Waals surface area contributed by atoms with Crippen molar-refractivity contribution in [2.75, 3.05) is 11.5 Å². The first-order chi connectivity index (χ1) is 5.75. The van der Waals surface area contributed by atoms with Gasteiger partial charge in [-0.1, -0.05) is 48.0 Å². The van der Waals surface area contributed by atoms with Crippen molar-refractivity contribution >= 4 is 56.6 Å². The number of hydrogen-bond donors (Lipinski definition) is 2. The molecule has 6 heteroatoms. The highest BCUT2D eigenvalue weighted by molar-refractivity contribution is 8.24. The van der Waals surface area contributed by atoms with Crippen LogP contribution in [-0.4, -0.2) is 20.1 Å². The van der Waals surface area contributed by atoms with Crippen LogP contribution in [0.5, 0.6) is 0 Å². The van der Waals surface area contributed by atoms with Gasteiger partial charge in [-0.15, -0.1) is 0 Å². The van der Waals surface area contributed by atoms with E-state index in [1.807, 2.05) is 0 Å². The summed E-state index contributed by atoms with van der Waals surface area (Å²) in [5.41, 5.74) is 2.38. The summed E-state index contributed by atoms with van der Waals surface area (Å²) in [5.74, 6) is 1.90. The molecule has 0 aromatic heterocycles. The van der Waals surface area contributed by atoms with E-state index in [1.165, 1.54) is 11.4 Å². The van der Waals surface area contributed by atoms with Gasteiger partial charge < -0.3 is 10.6 Å². The van der Waals surface area contributed by atoms with Crippen LogP contribution in [0.2, 0.25) is 0 Å². The minimum atomic E-state index is 0.863. The van der Waals surface area contributed by atoms with E-state index < -0.39 is 0 Å². The summed E-state index contributed by atoms with van der Waals surface area (Å²) < 4.78 is 1.73. The van der Waals surface area contributed by atoms with E-state index in [2.05, 4.69) is 10.6 Å². The summed E-state index contributed by atoms with van der Waals surface area (Å²) in [6, 6.07) is 0. The van der Waals surface area contributed by atoms with Crippen molar-refractivity contribution in [3.05, 3.63) is 11.4 Å². The summed E-state index contributed by atoms with van der Waals surface area (Å²) >= 11 is 13.3. The predicted molar refractivity (Wildman–Crippen MR) is 63.4 cm³/mol. The number of nitrogens with one attached hydrogen (secondary N) is 2. The highest BCUT2D eigenvalue weighted by atomic mass is 32.2. The molecular weight excluding hydrogens is 228 g/mol. The van der Waals surface area contributed by atoms with Gasteiger partial charge in [0, 0.05) is 22.9 Å². The molecule has 0 bridgehead atoms. The summed E-state index contributed by atoms with van der Waals surface area (Å²) in [6.45, 7) is 0. The number of thiocarbonyl (C=S) groups is 2. The molecule has 0 aromatic rings. The molecule has 2 saturated heterocycles. The molecule has 0 amide bonds. The molecule has 2 aliphatic heterocycles. The Morgan fingerprint density at radius 1 is 0.917 bits per heavy atom. The molecule has 64 valence electrons. The molecule has 2 fully saturated rings. The molecule has 0 aliphatic carbocycles. The van der Waals surface area contributed by atoms with Crippen LogP contribution in [0.15, 0.2) is 11.4 Å². The van der Waals surface area contributed by atoms with Crippen molar-refractivity contribution in [1.29, 1.82) is 0 Å². The van der Waals surface area contributed by atoms with Gasteiger partial charge in [-0.05, 0) is 0 Å². The molecule has 2 aliphatic rings. The first-order valence-electron chi connectivity index (χ1n) is 3.35. The topological polar surface area (TPSA) is 24.1 Å². The van der Waals surface area contributed by atoms with E-state index in [0.29, 0.717) is 0 Å². The Kier molecular flexibility index (Phi) is 2.59. The largest absolute Gasteiger partial charge is 0.342 e. The summed E-state index contributed by atoms with van der Waals surface area (Å²) in [7, 11) is 0. The second kappa shape index (κ2) is 3.53. The van der Waals surface area contributed by atoms with Crippen molar-refractivity contribution in [1.82, 2.24) is 10.6 Å². The van der Waals surface area contributed by atoms with Crippen LogP contribution >= 0.6 is 48.0 Å². The Balaban J connectivity index is 2.16. The van der Waals surface area contributed by atoms with Crippen LogP contribution in [0, 0.1) is 0 Å².